The fraction of sp³-hybridized carbons (Fsp3) is 0.227. The largest absolute Gasteiger partial charge is 0.493 e. The lowest BCUT2D eigenvalue weighted by molar-refractivity contribution is 0.0954. The van der Waals surface area contributed by atoms with E-state index < -0.39 is 5.91 Å². The second kappa shape index (κ2) is 9.54. The highest BCUT2D eigenvalue weighted by molar-refractivity contribution is 6.01. The third-order valence-corrected chi connectivity index (χ3v) is 4.17. The Balaban J connectivity index is 1.73. The van der Waals surface area contributed by atoms with Crippen LogP contribution < -0.4 is 14.9 Å². The summed E-state index contributed by atoms with van der Waals surface area (Å²) in [4.78, 5) is 12.6. The van der Waals surface area contributed by atoms with Crippen molar-refractivity contribution in [2.75, 3.05) is 13.7 Å². The van der Waals surface area contributed by atoms with Crippen LogP contribution in [-0.2, 0) is 0 Å². The summed E-state index contributed by atoms with van der Waals surface area (Å²) in [7, 11) is 1.58. The van der Waals surface area contributed by atoms with Gasteiger partial charge in [-0.25, -0.2) is 5.43 Å². The van der Waals surface area contributed by atoms with Crippen LogP contribution in [0, 0.1) is 6.92 Å². The van der Waals surface area contributed by atoms with E-state index in [1.54, 1.807) is 20.1 Å². The molecule has 0 aliphatic heterocycles. The zero-order chi connectivity index (χ0) is 20.6. The number of rotatable bonds is 8. The number of ether oxygens (including phenoxy) is 2. The van der Waals surface area contributed by atoms with E-state index >= 15 is 0 Å². The van der Waals surface area contributed by atoms with Crippen molar-refractivity contribution in [3.05, 3.63) is 65.4 Å². The number of amides is 1. The van der Waals surface area contributed by atoms with Gasteiger partial charge in [0, 0.05) is 5.56 Å². The Morgan fingerprint density at radius 1 is 1.21 bits per heavy atom. The van der Waals surface area contributed by atoms with Gasteiger partial charge >= 0.3 is 0 Å². The molecule has 7 heteroatoms. The fourth-order valence-electron chi connectivity index (χ4n) is 2.75. The minimum Gasteiger partial charge on any atom is -0.493 e. The Labute approximate surface area is 169 Å². The summed E-state index contributed by atoms with van der Waals surface area (Å²) >= 11 is 0. The first-order valence-electron chi connectivity index (χ1n) is 9.30. The highest BCUT2D eigenvalue weighted by Gasteiger charge is 2.21. The normalized spacial score (nSPS) is 10.9. The van der Waals surface area contributed by atoms with Gasteiger partial charge in [-0.1, -0.05) is 42.4 Å². The van der Waals surface area contributed by atoms with E-state index in [1.165, 1.54) is 6.21 Å². The molecule has 7 nitrogen and oxygen atoms in total. The van der Waals surface area contributed by atoms with E-state index in [0.717, 1.165) is 17.5 Å². The Bertz CT molecular complexity index is 997. The summed E-state index contributed by atoms with van der Waals surface area (Å²) < 4.78 is 16.2. The summed E-state index contributed by atoms with van der Waals surface area (Å²) in [5.41, 5.74) is 4.92. The molecule has 0 saturated carbocycles. The van der Waals surface area contributed by atoms with Crippen molar-refractivity contribution in [3.8, 4) is 22.8 Å². The molecule has 150 valence electrons. The van der Waals surface area contributed by atoms with Gasteiger partial charge in [0.25, 0.3) is 5.91 Å². The van der Waals surface area contributed by atoms with Gasteiger partial charge in [0.1, 0.15) is 17.0 Å². The molecule has 29 heavy (non-hydrogen) atoms. The molecule has 1 heterocycles. The third-order valence-electron chi connectivity index (χ3n) is 4.17. The van der Waals surface area contributed by atoms with Crippen LogP contribution in [0.2, 0.25) is 0 Å². The Morgan fingerprint density at radius 3 is 2.72 bits per heavy atom. The van der Waals surface area contributed by atoms with E-state index in [-0.39, 0.29) is 0 Å². The van der Waals surface area contributed by atoms with Crippen molar-refractivity contribution in [1.82, 2.24) is 10.6 Å². The summed E-state index contributed by atoms with van der Waals surface area (Å²) in [6.07, 6.45) is 2.45. The van der Waals surface area contributed by atoms with Gasteiger partial charge in [0.15, 0.2) is 11.5 Å². The highest BCUT2D eigenvalue weighted by Crippen LogP contribution is 2.28. The summed E-state index contributed by atoms with van der Waals surface area (Å²) in [5.74, 6) is 1.31. The molecular formula is C22H23N3O4. The van der Waals surface area contributed by atoms with Gasteiger partial charge in [-0.05, 0) is 37.1 Å². The molecule has 0 fully saturated rings. The zero-order valence-corrected chi connectivity index (χ0v) is 16.6. The van der Waals surface area contributed by atoms with Crippen molar-refractivity contribution in [1.29, 1.82) is 0 Å². The van der Waals surface area contributed by atoms with Crippen LogP contribution in [-0.4, -0.2) is 31.0 Å². The number of aromatic nitrogens is 1. The lowest BCUT2D eigenvalue weighted by Gasteiger charge is -2.10. The van der Waals surface area contributed by atoms with Gasteiger partial charge in [-0.3, -0.25) is 4.79 Å². The van der Waals surface area contributed by atoms with Crippen LogP contribution in [0.4, 0.5) is 0 Å². The SMILES string of the molecule is CCCOc1ccc(/C=N/NC(=O)c2c(-c3ccccc3)noc2C)cc1OC. The Morgan fingerprint density at radius 2 is 2.00 bits per heavy atom. The number of hydrazone groups is 1. The number of hydrogen-bond acceptors (Lipinski definition) is 6. The van der Waals surface area contributed by atoms with Gasteiger partial charge in [0.2, 0.25) is 0 Å². The third kappa shape index (κ3) is 4.82. The van der Waals surface area contributed by atoms with Crippen molar-refractivity contribution in [2.45, 2.75) is 20.3 Å². The maximum absolute atomic E-state index is 12.6. The number of carbonyl (C=O) groups excluding carboxylic acids is 1. The molecule has 0 atom stereocenters. The fourth-order valence-corrected chi connectivity index (χ4v) is 2.75. The van der Waals surface area contributed by atoms with Crippen LogP contribution in [0.15, 0.2) is 58.2 Å². The highest BCUT2D eigenvalue weighted by atomic mass is 16.5. The second-order valence-corrected chi connectivity index (χ2v) is 6.29. The topological polar surface area (TPSA) is 86.0 Å². The van der Waals surface area contributed by atoms with Crippen LogP contribution in [0.5, 0.6) is 11.5 Å². The van der Waals surface area contributed by atoms with Crippen molar-refractivity contribution < 1.29 is 18.8 Å². The maximum atomic E-state index is 12.6. The van der Waals surface area contributed by atoms with Gasteiger partial charge < -0.3 is 14.0 Å². The van der Waals surface area contributed by atoms with Crippen LogP contribution >= 0.6 is 0 Å². The standard InChI is InChI=1S/C22H23N3O4/c1-4-12-28-18-11-10-16(13-19(18)27-3)14-23-24-22(26)20-15(2)29-25-21(20)17-8-6-5-7-9-17/h5-11,13-14H,4,12H2,1-3H3,(H,24,26)/b23-14+. The smallest absolute Gasteiger partial charge is 0.277 e. The predicted molar refractivity (Wildman–Crippen MR) is 111 cm³/mol. The molecule has 3 aromatic rings. The molecule has 1 amide bonds. The first kappa shape index (κ1) is 20.1. The monoisotopic (exact) mass is 393 g/mol. The van der Waals surface area contributed by atoms with Crippen molar-refractivity contribution >= 4 is 12.1 Å². The zero-order valence-electron chi connectivity index (χ0n) is 16.6. The van der Waals surface area contributed by atoms with E-state index in [2.05, 4.69) is 15.7 Å². The van der Waals surface area contributed by atoms with Gasteiger partial charge in [-0.15, -0.1) is 0 Å². The number of benzene rings is 2. The Kier molecular flexibility index (Phi) is 6.63. The molecule has 0 spiro atoms. The Hall–Kier alpha value is -3.61. The number of nitrogens with zero attached hydrogens (tertiary/aromatic N) is 2. The second-order valence-electron chi connectivity index (χ2n) is 6.29. The molecule has 0 unspecified atom stereocenters. The molecule has 0 bridgehead atoms. The van der Waals surface area contributed by atoms with Crippen LogP contribution in [0.3, 0.4) is 0 Å². The molecule has 0 radical (unpaired) electrons. The molecule has 1 N–H and O–H groups in total. The molecule has 3 rings (SSSR count). The number of nitrogens with one attached hydrogen (secondary N) is 1. The first-order valence-corrected chi connectivity index (χ1v) is 9.30. The quantitative estimate of drug-likeness (QED) is 0.458. The predicted octanol–water partition coefficient (Wildman–Crippen LogP) is 4.21. The van der Waals surface area contributed by atoms with Crippen LogP contribution in [0.25, 0.3) is 11.3 Å². The molecular weight excluding hydrogens is 370 g/mol. The molecule has 1 aromatic heterocycles. The summed E-state index contributed by atoms with van der Waals surface area (Å²) in [5, 5.41) is 8.06. The van der Waals surface area contributed by atoms with Crippen molar-refractivity contribution in [2.24, 2.45) is 5.10 Å². The number of carbonyl (C=O) groups is 1. The van der Waals surface area contributed by atoms with Gasteiger partial charge in [0.05, 0.1) is 19.9 Å². The van der Waals surface area contributed by atoms with E-state index in [1.807, 2.05) is 49.4 Å². The average molecular weight is 393 g/mol. The first-order chi connectivity index (χ1) is 14.1. The lowest BCUT2D eigenvalue weighted by Crippen LogP contribution is -2.18. The summed E-state index contributed by atoms with van der Waals surface area (Å²) in [6, 6.07) is 14.8. The van der Waals surface area contributed by atoms with E-state index in [0.29, 0.717) is 35.1 Å². The molecule has 0 aliphatic rings. The maximum Gasteiger partial charge on any atom is 0.277 e. The van der Waals surface area contributed by atoms with Crippen LogP contribution in [0.1, 0.15) is 35.0 Å². The van der Waals surface area contributed by atoms with E-state index in [9.17, 15) is 4.79 Å². The van der Waals surface area contributed by atoms with E-state index in [4.69, 9.17) is 14.0 Å². The number of methoxy groups -OCH3 is 1. The minimum absolute atomic E-state index is 0.356. The molecule has 0 aliphatic carbocycles. The molecule has 0 saturated heterocycles. The summed E-state index contributed by atoms with van der Waals surface area (Å²) in [6.45, 7) is 4.34. The molecule has 2 aromatic carbocycles. The van der Waals surface area contributed by atoms with Crippen molar-refractivity contribution in [3.63, 3.8) is 0 Å². The number of hydrogen-bond donors (Lipinski definition) is 1. The average Bonchev–Trinajstić information content (AvgIpc) is 3.14. The number of aryl methyl sites for hydroxylation is 1. The minimum atomic E-state index is -0.395. The lowest BCUT2D eigenvalue weighted by atomic mass is 10.1. The van der Waals surface area contributed by atoms with Gasteiger partial charge in [-0.2, -0.15) is 5.10 Å².